The van der Waals surface area contributed by atoms with Crippen molar-refractivity contribution in [1.82, 2.24) is 4.90 Å². The zero-order valence-electron chi connectivity index (χ0n) is 11.2. The minimum Gasteiger partial charge on any atom is -0.487 e. The Morgan fingerprint density at radius 1 is 1.42 bits per heavy atom. The third kappa shape index (κ3) is 2.35. The first kappa shape index (κ1) is 12.9. The average Bonchev–Trinajstić information content (AvgIpc) is 2.39. The maximum Gasteiger partial charge on any atom is 0.128 e. The highest BCUT2D eigenvalue weighted by atomic mass is 19.1. The van der Waals surface area contributed by atoms with Crippen LogP contribution in [0.15, 0.2) is 18.2 Å². The molecule has 0 bridgehead atoms. The van der Waals surface area contributed by atoms with Crippen LogP contribution in [0.3, 0.4) is 0 Å². The van der Waals surface area contributed by atoms with Crippen LogP contribution in [-0.2, 0) is 0 Å². The quantitative estimate of drug-likeness (QED) is 0.847. The lowest BCUT2D eigenvalue weighted by atomic mass is 9.81. The van der Waals surface area contributed by atoms with Gasteiger partial charge in [-0.05, 0) is 31.5 Å². The number of nitrogens with zero attached hydrogens (tertiary/aromatic N) is 1. The van der Waals surface area contributed by atoms with E-state index in [2.05, 4.69) is 11.8 Å². The number of benzene rings is 1. The first-order valence-corrected chi connectivity index (χ1v) is 7.01. The number of hydrogen-bond acceptors (Lipinski definition) is 3. The molecule has 3 rings (SSSR count). The molecule has 1 N–H and O–H groups in total. The Labute approximate surface area is 113 Å². The molecular weight excluding hydrogens is 245 g/mol. The van der Waals surface area contributed by atoms with Crippen LogP contribution in [0, 0.1) is 5.82 Å². The minimum absolute atomic E-state index is 0.311. The van der Waals surface area contributed by atoms with Crippen molar-refractivity contribution in [3.8, 4) is 5.75 Å². The first-order chi connectivity index (χ1) is 9.12. The Hall–Kier alpha value is -1.13. The Morgan fingerprint density at radius 2 is 2.16 bits per heavy atom. The predicted octanol–water partition coefficient (Wildman–Crippen LogP) is 2.50. The third-order valence-corrected chi connectivity index (χ3v) is 4.44. The van der Waals surface area contributed by atoms with Gasteiger partial charge in [0.05, 0.1) is 6.10 Å². The molecule has 1 spiro atoms. The van der Waals surface area contributed by atoms with Gasteiger partial charge in [-0.3, -0.25) is 0 Å². The van der Waals surface area contributed by atoms with E-state index in [1.165, 1.54) is 12.1 Å². The van der Waals surface area contributed by atoms with Gasteiger partial charge in [-0.25, -0.2) is 4.39 Å². The van der Waals surface area contributed by atoms with Crippen LogP contribution in [0.25, 0.3) is 0 Å². The largest absolute Gasteiger partial charge is 0.487 e. The van der Waals surface area contributed by atoms with Crippen LogP contribution in [0.5, 0.6) is 5.75 Å². The van der Waals surface area contributed by atoms with Gasteiger partial charge in [0.1, 0.15) is 17.2 Å². The normalized spacial score (nSPS) is 25.9. The molecule has 4 heteroatoms. The Bertz CT molecular complexity index is 469. The molecule has 0 amide bonds. The molecule has 3 nitrogen and oxygen atoms in total. The van der Waals surface area contributed by atoms with Gasteiger partial charge < -0.3 is 14.7 Å². The van der Waals surface area contributed by atoms with Crippen molar-refractivity contribution in [2.75, 3.05) is 19.6 Å². The molecule has 1 fully saturated rings. The number of rotatable bonds is 1. The average molecular weight is 265 g/mol. The van der Waals surface area contributed by atoms with Crippen LogP contribution in [-0.4, -0.2) is 35.2 Å². The van der Waals surface area contributed by atoms with E-state index in [9.17, 15) is 9.50 Å². The fraction of sp³-hybridized carbons (Fsp3) is 0.600. The summed E-state index contributed by atoms with van der Waals surface area (Å²) in [6.45, 7) is 5.16. The van der Waals surface area contributed by atoms with E-state index >= 15 is 0 Å². The molecule has 1 aromatic carbocycles. The number of likely N-dealkylation sites (tertiary alicyclic amines) is 1. The van der Waals surface area contributed by atoms with Crippen molar-refractivity contribution in [1.29, 1.82) is 0 Å². The molecule has 2 aliphatic rings. The second kappa shape index (κ2) is 4.76. The van der Waals surface area contributed by atoms with E-state index in [4.69, 9.17) is 4.74 Å². The lowest BCUT2D eigenvalue weighted by molar-refractivity contribution is -0.0533. The highest BCUT2D eigenvalue weighted by molar-refractivity contribution is 5.38. The summed E-state index contributed by atoms with van der Waals surface area (Å²) in [4.78, 5) is 2.38. The zero-order chi connectivity index (χ0) is 13.5. The number of ether oxygens (including phenoxy) is 1. The predicted molar refractivity (Wildman–Crippen MR) is 70.7 cm³/mol. The number of piperidine rings is 1. The fourth-order valence-corrected chi connectivity index (χ4v) is 3.19. The standard InChI is InChI=1S/C15H20FNO2/c1-2-17-7-5-15(6-8-17)10-13(18)12-4-3-11(16)9-14(12)19-15/h3-4,9,13,18H,2,5-8,10H2,1H3/t13-/m0/s1. The molecule has 1 saturated heterocycles. The van der Waals surface area contributed by atoms with Crippen molar-refractivity contribution >= 4 is 0 Å². The molecule has 104 valence electrons. The lowest BCUT2D eigenvalue weighted by Crippen LogP contribution is -2.50. The fourth-order valence-electron chi connectivity index (χ4n) is 3.19. The smallest absolute Gasteiger partial charge is 0.128 e. The van der Waals surface area contributed by atoms with Gasteiger partial charge >= 0.3 is 0 Å². The second-order valence-corrected chi connectivity index (χ2v) is 5.62. The van der Waals surface area contributed by atoms with Gasteiger partial charge in [0.2, 0.25) is 0 Å². The Morgan fingerprint density at radius 3 is 2.84 bits per heavy atom. The molecule has 1 aromatic rings. The monoisotopic (exact) mass is 265 g/mol. The number of aliphatic hydroxyl groups excluding tert-OH is 1. The van der Waals surface area contributed by atoms with E-state index in [0.29, 0.717) is 17.7 Å². The van der Waals surface area contributed by atoms with Crippen LogP contribution >= 0.6 is 0 Å². The zero-order valence-corrected chi connectivity index (χ0v) is 11.2. The van der Waals surface area contributed by atoms with Gasteiger partial charge in [-0.15, -0.1) is 0 Å². The van der Waals surface area contributed by atoms with Crippen molar-refractivity contribution < 1.29 is 14.2 Å². The highest BCUT2D eigenvalue weighted by Gasteiger charge is 2.42. The topological polar surface area (TPSA) is 32.7 Å². The summed E-state index contributed by atoms with van der Waals surface area (Å²) in [6, 6.07) is 4.40. The maximum atomic E-state index is 13.3. The minimum atomic E-state index is -0.544. The first-order valence-electron chi connectivity index (χ1n) is 7.01. The molecule has 0 unspecified atom stereocenters. The van der Waals surface area contributed by atoms with Crippen LogP contribution in [0.1, 0.15) is 37.9 Å². The molecule has 0 saturated carbocycles. The highest BCUT2D eigenvalue weighted by Crippen LogP contribution is 2.44. The summed E-state index contributed by atoms with van der Waals surface area (Å²) in [7, 11) is 0. The molecule has 2 aliphatic heterocycles. The van der Waals surface area contributed by atoms with Crippen molar-refractivity contribution in [2.45, 2.75) is 37.9 Å². The molecular formula is C15H20FNO2. The molecule has 0 aromatic heterocycles. The van der Waals surface area contributed by atoms with E-state index in [-0.39, 0.29) is 11.4 Å². The van der Waals surface area contributed by atoms with Crippen molar-refractivity contribution in [3.05, 3.63) is 29.6 Å². The van der Waals surface area contributed by atoms with E-state index in [1.54, 1.807) is 6.07 Å². The summed E-state index contributed by atoms with van der Waals surface area (Å²) in [6.07, 6.45) is 1.86. The van der Waals surface area contributed by atoms with Crippen molar-refractivity contribution in [2.24, 2.45) is 0 Å². The van der Waals surface area contributed by atoms with Gasteiger partial charge in [0, 0.05) is 31.1 Å². The van der Waals surface area contributed by atoms with Gasteiger partial charge in [0.15, 0.2) is 0 Å². The number of fused-ring (bicyclic) bond motifs is 1. The molecule has 1 atom stereocenters. The molecule has 19 heavy (non-hydrogen) atoms. The van der Waals surface area contributed by atoms with Crippen molar-refractivity contribution in [3.63, 3.8) is 0 Å². The third-order valence-electron chi connectivity index (χ3n) is 4.44. The van der Waals surface area contributed by atoms with Gasteiger partial charge in [0.25, 0.3) is 0 Å². The van der Waals surface area contributed by atoms with E-state index < -0.39 is 6.10 Å². The summed E-state index contributed by atoms with van der Waals surface area (Å²) in [5.74, 6) is 0.206. The number of halogens is 1. The number of hydrogen-bond donors (Lipinski definition) is 1. The maximum absolute atomic E-state index is 13.3. The summed E-state index contributed by atoms with van der Waals surface area (Å²) < 4.78 is 19.4. The van der Waals surface area contributed by atoms with Gasteiger partial charge in [-0.1, -0.05) is 6.92 Å². The Kier molecular flexibility index (Phi) is 3.23. The summed E-state index contributed by atoms with van der Waals surface area (Å²) in [5, 5.41) is 10.3. The number of aliphatic hydroxyl groups is 1. The van der Waals surface area contributed by atoms with Crippen LogP contribution in [0.2, 0.25) is 0 Å². The Balaban J connectivity index is 1.84. The van der Waals surface area contributed by atoms with E-state index in [0.717, 1.165) is 32.5 Å². The molecule has 0 aliphatic carbocycles. The second-order valence-electron chi connectivity index (χ2n) is 5.62. The summed E-state index contributed by atoms with van der Waals surface area (Å²) in [5.41, 5.74) is 0.399. The molecule has 0 radical (unpaired) electrons. The van der Waals surface area contributed by atoms with Crippen LogP contribution in [0.4, 0.5) is 4.39 Å². The lowest BCUT2D eigenvalue weighted by Gasteiger charge is -2.45. The van der Waals surface area contributed by atoms with Gasteiger partial charge in [-0.2, -0.15) is 0 Å². The summed E-state index contributed by atoms with van der Waals surface area (Å²) >= 11 is 0. The van der Waals surface area contributed by atoms with E-state index in [1.807, 2.05) is 0 Å². The SMILES string of the molecule is CCN1CCC2(CC1)C[C@H](O)c1ccc(F)cc1O2. The molecule has 2 heterocycles. The van der Waals surface area contributed by atoms with Crippen LogP contribution < -0.4 is 4.74 Å².